The Bertz CT molecular complexity index is 413. The predicted octanol–water partition coefficient (Wildman–Crippen LogP) is 0.668. The van der Waals surface area contributed by atoms with Crippen LogP contribution >= 0.6 is 0 Å². The van der Waals surface area contributed by atoms with Gasteiger partial charge in [0.05, 0.1) is 0 Å². The third-order valence-electron chi connectivity index (χ3n) is 1.66. The fourth-order valence-corrected chi connectivity index (χ4v) is 1.03. The lowest BCUT2D eigenvalue weighted by Crippen LogP contribution is -2.08. The van der Waals surface area contributed by atoms with Crippen molar-refractivity contribution in [2.45, 2.75) is 6.42 Å². The Kier molecular flexibility index (Phi) is 3.56. The maximum Gasteiger partial charge on any atom is 0.355 e. The lowest BCUT2D eigenvalue weighted by Gasteiger charge is -1.98. The zero-order chi connectivity index (χ0) is 11.3. The van der Waals surface area contributed by atoms with Crippen LogP contribution in [-0.4, -0.2) is 22.0 Å². The van der Waals surface area contributed by atoms with Crippen LogP contribution in [0, 0.1) is 0 Å². The van der Waals surface area contributed by atoms with Crippen LogP contribution in [0.25, 0.3) is 6.08 Å². The Balaban J connectivity index is 2.89. The lowest BCUT2D eigenvalue weighted by atomic mass is 10.1. The van der Waals surface area contributed by atoms with Gasteiger partial charge in [0, 0.05) is 18.2 Å². The normalized spacial score (nSPS) is 10.4. The van der Waals surface area contributed by atoms with Crippen molar-refractivity contribution in [3.63, 3.8) is 0 Å². The number of carbonyl (C=O) groups is 2. The van der Waals surface area contributed by atoms with E-state index in [2.05, 4.69) is 4.98 Å². The summed E-state index contributed by atoms with van der Waals surface area (Å²) >= 11 is 0. The van der Waals surface area contributed by atoms with E-state index in [0.29, 0.717) is 5.56 Å². The van der Waals surface area contributed by atoms with Gasteiger partial charge in [0.2, 0.25) is 5.91 Å². The number of carboxylic acid groups (broad SMARTS) is 1. The third kappa shape index (κ3) is 3.22. The summed E-state index contributed by atoms with van der Waals surface area (Å²) in [6.07, 6.45) is 4.50. The Morgan fingerprint density at radius 1 is 1.53 bits per heavy atom. The molecule has 1 amide bonds. The SMILES string of the molecule is NC(=O)CC=Cc1cccnc1C(=O)O. The number of primary amides is 1. The number of hydrogen-bond donors (Lipinski definition) is 2. The van der Waals surface area contributed by atoms with E-state index in [1.807, 2.05) is 0 Å². The highest BCUT2D eigenvalue weighted by Crippen LogP contribution is 2.07. The molecule has 1 aromatic heterocycles. The molecule has 0 saturated heterocycles. The highest BCUT2D eigenvalue weighted by Gasteiger charge is 2.07. The fraction of sp³-hybridized carbons (Fsp3) is 0.100. The summed E-state index contributed by atoms with van der Waals surface area (Å²) in [5.41, 5.74) is 5.34. The van der Waals surface area contributed by atoms with Crippen molar-refractivity contribution in [3.8, 4) is 0 Å². The van der Waals surface area contributed by atoms with Crippen molar-refractivity contribution >= 4 is 18.0 Å². The molecule has 1 heterocycles. The molecule has 0 aliphatic carbocycles. The van der Waals surface area contributed by atoms with E-state index < -0.39 is 11.9 Å². The van der Waals surface area contributed by atoms with Crippen LogP contribution in [0.5, 0.6) is 0 Å². The first-order valence-corrected chi connectivity index (χ1v) is 4.24. The van der Waals surface area contributed by atoms with Crippen LogP contribution in [-0.2, 0) is 4.79 Å². The van der Waals surface area contributed by atoms with Crippen molar-refractivity contribution in [1.29, 1.82) is 0 Å². The summed E-state index contributed by atoms with van der Waals surface area (Å²) in [4.78, 5) is 24.9. The standard InChI is InChI=1S/C10H10N2O3/c11-8(13)5-1-3-7-4-2-6-12-9(7)10(14)15/h1-4,6H,5H2,(H2,11,13)(H,14,15). The lowest BCUT2D eigenvalue weighted by molar-refractivity contribution is -0.117. The fourth-order valence-electron chi connectivity index (χ4n) is 1.03. The van der Waals surface area contributed by atoms with E-state index in [9.17, 15) is 9.59 Å². The van der Waals surface area contributed by atoms with Crippen LogP contribution in [0.4, 0.5) is 0 Å². The Morgan fingerprint density at radius 3 is 2.87 bits per heavy atom. The van der Waals surface area contributed by atoms with Gasteiger partial charge in [-0.05, 0) is 6.07 Å². The van der Waals surface area contributed by atoms with Gasteiger partial charge in [0.1, 0.15) is 0 Å². The van der Waals surface area contributed by atoms with E-state index in [4.69, 9.17) is 10.8 Å². The van der Waals surface area contributed by atoms with E-state index >= 15 is 0 Å². The van der Waals surface area contributed by atoms with E-state index in [1.54, 1.807) is 12.1 Å². The molecular weight excluding hydrogens is 196 g/mol. The zero-order valence-corrected chi connectivity index (χ0v) is 7.88. The van der Waals surface area contributed by atoms with Gasteiger partial charge >= 0.3 is 5.97 Å². The molecule has 0 aliphatic heterocycles. The molecule has 5 heteroatoms. The molecule has 0 aliphatic rings. The summed E-state index contributed by atoms with van der Waals surface area (Å²) in [7, 11) is 0. The quantitative estimate of drug-likeness (QED) is 0.757. The van der Waals surface area contributed by atoms with Crippen molar-refractivity contribution in [2.75, 3.05) is 0 Å². The minimum Gasteiger partial charge on any atom is -0.476 e. The van der Waals surface area contributed by atoms with E-state index in [0.717, 1.165) is 0 Å². The van der Waals surface area contributed by atoms with Gasteiger partial charge in [-0.15, -0.1) is 0 Å². The number of pyridine rings is 1. The van der Waals surface area contributed by atoms with Gasteiger partial charge in [-0.1, -0.05) is 18.2 Å². The first-order valence-electron chi connectivity index (χ1n) is 4.24. The average Bonchev–Trinajstić information content (AvgIpc) is 2.17. The molecule has 0 unspecified atom stereocenters. The highest BCUT2D eigenvalue weighted by molar-refractivity contribution is 5.90. The minimum absolute atomic E-state index is 0.0433. The summed E-state index contributed by atoms with van der Waals surface area (Å²) < 4.78 is 0. The van der Waals surface area contributed by atoms with Gasteiger partial charge in [-0.3, -0.25) is 4.79 Å². The second kappa shape index (κ2) is 4.90. The molecule has 0 fully saturated rings. The molecule has 78 valence electrons. The number of hydrogen-bond acceptors (Lipinski definition) is 3. The van der Waals surface area contributed by atoms with Crippen molar-refractivity contribution in [2.24, 2.45) is 5.73 Å². The van der Waals surface area contributed by atoms with Crippen LogP contribution in [0.2, 0.25) is 0 Å². The largest absolute Gasteiger partial charge is 0.476 e. The number of carbonyl (C=O) groups excluding carboxylic acids is 1. The molecule has 0 atom stereocenters. The smallest absolute Gasteiger partial charge is 0.355 e. The Hall–Kier alpha value is -2.17. The summed E-state index contributed by atoms with van der Waals surface area (Å²) in [5, 5.41) is 8.79. The molecule has 1 rings (SSSR count). The topological polar surface area (TPSA) is 93.3 Å². The number of rotatable bonds is 4. The van der Waals surface area contributed by atoms with Gasteiger partial charge < -0.3 is 10.8 Å². The van der Waals surface area contributed by atoms with E-state index in [1.165, 1.54) is 18.3 Å². The number of nitrogens with zero attached hydrogens (tertiary/aromatic N) is 1. The summed E-state index contributed by atoms with van der Waals surface area (Å²) in [6.45, 7) is 0. The number of aromatic carboxylic acids is 1. The van der Waals surface area contributed by atoms with Crippen molar-refractivity contribution in [3.05, 3.63) is 35.7 Å². The van der Waals surface area contributed by atoms with Gasteiger partial charge in [0.25, 0.3) is 0 Å². The maximum absolute atomic E-state index is 10.7. The maximum atomic E-state index is 10.7. The van der Waals surface area contributed by atoms with Gasteiger partial charge in [-0.2, -0.15) is 0 Å². The number of nitrogens with two attached hydrogens (primary N) is 1. The molecule has 0 aromatic carbocycles. The Labute approximate surface area is 86.2 Å². The summed E-state index contributed by atoms with van der Waals surface area (Å²) in [6, 6.07) is 3.23. The molecule has 3 N–H and O–H groups in total. The first kappa shape index (κ1) is 10.9. The molecule has 0 spiro atoms. The number of carboxylic acids is 1. The second-order valence-corrected chi connectivity index (χ2v) is 2.82. The van der Waals surface area contributed by atoms with Crippen LogP contribution in [0.15, 0.2) is 24.4 Å². The number of aromatic nitrogens is 1. The molecule has 0 bridgehead atoms. The molecule has 0 radical (unpaired) electrons. The third-order valence-corrected chi connectivity index (χ3v) is 1.66. The zero-order valence-electron chi connectivity index (χ0n) is 7.88. The predicted molar refractivity (Wildman–Crippen MR) is 54.0 cm³/mol. The molecule has 5 nitrogen and oxygen atoms in total. The first-order chi connectivity index (χ1) is 7.11. The van der Waals surface area contributed by atoms with Crippen molar-refractivity contribution < 1.29 is 14.7 Å². The van der Waals surface area contributed by atoms with Crippen LogP contribution < -0.4 is 5.73 Å². The highest BCUT2D eigenvalue weighted by atomic mass is 16.4. The molecular formula is C10H10N2O3. The molecule has 1 aromatic rings. The van der Waals surface area contributed by atoms with Gasteiger partial charge in [-0.25, -0.2) is 9.78 Å². The monoisotopic (exact) mass is 206 g/mol. The molecule has 0 saturated carbocycles. The second-order valence-electron chi connectivity index (χ2n) is 2.82. The van der Waals surface area contributed by atoms with Crippen molar-refractivity contribution in [1.82, 2.24) is 4.98 Å². The summed E-state index contributed by atoms with van der Waals surface area (Å²) in [5.74, 6) is -1.57. The Morgan fingerprint density at radius 2 is 2.27 bits per heavy atom. The van der Waals surface area contributed by atoms with Gasteiger partial charge in [0.15, 0.2) is 5.69 Å². The van der Waals surface area contributed by atoms with Crippen LogP contribution in [0.3, 0.4) is 0 Å². The number of amides is 1. The minimum atomic E-state index is -1.10. The van der Waals surface area contributed by atoms with E-state index in [-0.39, 0.29) is 12.1 Å². The van der Waals surface area contributed by atoms with Crippen LogP contribution in [0.1, 0.15) is 22.5 Å². The average molecular weight is 206 g/mol. The molecule has 15 heavy (non-hydrogen) atoms.